The summed E-state index contributed by atoms with van der Waals surface area (Å²) in [4.78, 5) is 14.3. The molecule has 0 saturated carbocycles. The molecule has 1 amide bonds. The van der Waals surface area contributed by atoms with Gasteiger partial charge in [0.25, 0.3) is 5.91 Å². The number of rotatable bonds is 3. The molecule has 0 unspecified atom stereocenters. The Labute approximate surface area is 109 Å². The van der Waals surface area contributed by atoms with Gasteiger partial charge in [0.1, 0.15) is 5.75 Å². The maximum atomic E-state index is 12.4. The van der Waals surface area contributed by atoms with Crippen LogP contribution in [0.4, 0.5) is 5.69 Å². The highest BCUT2D eigenvalue weighted by Crippen LogP contribution is 2.37. The Morgan fingerprint density at radius 3 is 2.61 bits per heavy atom. The molecule has 3 heteroatoms. The number of benzene rings is 1. The van der Waals surface area contributed by atoms with Gasteiger partial charge in [-0.05, 0) is 38.3 Å². The van der Waals surface area contributed by atoms with Crippen molar-refractivity contribution < 1.29 is 9.53 Å². The summed E-state index contributed by atoms with van der Waals surface area (Å²) in [6.45, 7) is 8.74. The Kier molecular flexibility index (Phi) is 3.33. The molecule has 0 fully saturated rings. The number of anilines is 1. The van der Waals surface area contributed by atoms with Crippen molar-refractivity contribution in [1.29, 1.82) is 0 Å². The van der Waals surface area contributed by atoms with Crippen LogP contribution in [0.25, 0.3) is 0 Å². The molecule has 0 spiro atoms. The maximum absolute atomic E-state index is 12.4. The third kappa shape index (κ3) is 2.35. The van der Waals surface area contributed by atoms with Gasteiger partial charge in [-0.2, -0.15) is 0 Å². The molecule has 0 bridgehead atoms. The molecule has 18 heavy (non-hydrogen) atoms. The van der Waals surface area contributed by atoms with Crippen LogP contribution in [-0.2, 0) is 4.79 Å². The van der Waals surface area contributed by atoms with E-state index < -0.39 is 5.60 Å². The molecular weight excluding hydrogens is 226 g/mol. The first-order valence-electron chi connectivity index (χ1n) is 6.52. The molecule has 0 aliphatic carbocycles. The average molecular weight is 247 g/mol. The largest absolute Gasteiger partial charge is 0.476 e. The minimum atomic E-state index is -0.772. The SMILES string of the molecule is CC(C)CCN1C(=O)C(C)(C)Oc2ccccc21. The predicted octanol–water partition coefficient (Wildman–Crippen LogP) is 3.24. The summed E-state index contributed by atoms with van der Waals surface area (Å²) in [5.41, 5.74) is 0.119. The smallest absolute Gasteiger partial charge is 0.270 e. The van der Waals surface area contributed by atoms with Crippen molar-refractivity contribution >= 4 is 11.6 Å². The van der Waals surface area contributed by atoms with Gasteiger partial charge in [-0.1, -0.05) is 26.0 Å². The molecule has 0 radical (unpaired) electrons. The lowest BCUT2D eigenvalue weighted by Crippen LogP contribution is -2.52. The van der Waals surface area contributed by atoms with E-state index in [2.05, 4.69) is 13.8 Å². The van der Waals surface area contributed by atoms with E-state index in [1.807, 2.05) is 43.0 Å². The van der Waals surface area contributed by atoms with E-state index in [-0.39, 0.29) is 5.91 Å². The zero-order chi connectivity index (χ0) is 13.3. The fourth-order valence-electron chi connectivity index (χ4n) is 2.13. The highest BCUT2D eigenvalue weighted by molar-refractivity contribution is 6.02. The zero-order valence-electron chi connectivity index (χ0n) is 11.6. The quantitative estimate of drug-likeness (QED) is 0.820. The number of hydrogen-bond donors (Lipinski definition) is 0. The second-order valence-electron chi connectivity index (χ2n) is 5.72. The van der Waals surface area contributed by atoms with E-state index in [4.69, 9.17) is 4.74 Å². The standard InChI is InChI=1S/C15H21NO2/c1-11(2)9-10-16-12-7-5-6-8-13(12)18-15(3,4)14(16)17/h5-8,11H,9-10H2,1-4H3. The third-order valence-corrected chi connectivity index (χ3v) is 3.21. The number of ether oxygens (including phenoxy) is 1. The third-order valence-electron chi connectivity index (χ3n) is 3.21. The summed E-state index contributed by atoms with van der Waals surface area (Å²) in [6.07, 6.45) is 0.996. The number of fused-ring (bicyclic) bond motifs is 1. The topological polar surface area (TPSA) is 29.5 Å². The van der Waals surface area contributed by atoms with Crippen molar-refractivity contribution in [3.63, 3.8) is 0 Å². The minimum Gasteiger partial charge on any atom is -0.476 e. The van der Waals surface area contributed by atoms with E-state index >= 15 is 0 Å². The summed E-state index contributed by atoms with van der Waals surface area (Å²) in [5.74, 6) is 1.42. The molecule has 1 aliphatic heterocycles. The van der Waals surface area contributed by atoms with Gasteiger partial charge in [0.15, 0.2) is 5.60 Å². The number of amides is 1. The summed E-state index contributed by atoms with van der Waals surface area (Å²) in [7, 11) is 0. The van der Waals surface area contributed by atoms with Gasteiger partial charge in [-0.15, -0.1) is 0 Å². The van der Waals surface area contributed by atoms with Crippen LogP contribution in [0.1, 0.15) is 34.1 Å². The predicted molar refractivity (Wildman–Crippen MR) is 73.0 cm³/mol. The van der Waals surface area contributed by atoms with Crippen molar-refractivity contribution in [2.75, 3.05) is 11.4 Å². The van der Waals surface area contributed by atoms with Gasteiger partial charge in [-0.3, -0.25) is 4.79 Å². The highest BCUT2D eigenvalue weighted by Gasteiger charge is 2.40. The van der Waals surface area contributed by atoms with Gasteiger partial charge < -0.3 is 9.64 Å². The molecule has 0 aromatic heterocycles. The van der Waals surface area contributed by atoms with Gasteiger partial charge in [0.2, 0.25) is 0 Å². The molecule has 1 heterocycles. The fourth-order valence-corrected chi connectivity index (χ4v) is 2.13. The second kappa shape index (κ2) is 4.63. The van der Waals surface area contributed by atoms with Crippen LogP contribution in [0.2, 0.25) is 0 Å². The summed E-state index contributed by atoms with van der Waals surface area (Å²) in [5, 5.41) is 0. The van der Waals surface area contributed by atoms with E-state index in [0.717, 1.165) is 24.4 Å². The van der Waals surface area contributed by atoms with Crippen LogP contribution in [0.5, 0.6) is 5.75 Å². The van der Waals surface area contributed by atoms with Crippen LogP contribution >= 0.6 is 0 Å². The molecule has 1 aliphatic rings. The molecule has 1 aromatic carbocycles. The summed E-state index contributed by atoms with van der Waals surface area (Å²) in [6, 6.07) is 7.75. The Morgan fingerprint density at radius 2 is 1.94 bits per heavy atom. The molecule has 2 rings (SSSR count). The Morgan fingerprint density at radius 1 is 1.28 bits per heavy atom. The van der Waals surface area contributed by atoms with Crippen molar-refractivity contribution in [3.8, 4) is 5.75 Å². The second-order valence-corrected chi connectivity index (χ2v) is 5.72. The highest BCUT2D eigenvalue weighted by atomic mass is 16.5. The zero-order valence-corrected chi connectivity index (χ0v) is 11.6. The number of carbonyl (C=O) groups excluding carboxylic acids is 1. The molecule has 98 valence electrons. The number of nitrogens with zero attached hydrogens (tertiary/aromatic N) is 1. The molecule has 1 aromatic rings. The lowest BCUT2D eigenvalue weighted by atomic mass is 10.0. The first-order chi connectivity index (χ1) is 8.42. The first-order valence-corrected chi connectivity index (χ1v) is 6.52. The average Bonchev–Trinajstić information content (AvgIpc) is 2.29. The number of hydrogen-bond acceptors (Lipinski definition) is 2. The van der Waals surface area contributed by atoms with Crippen molar-refractivity contribution in [2.24, 2.45) is 5.92 Å². The molecule has 0 N–H and O–H groups in total. The molecule has 0 atom stereocenters. The van der Waals surface area contributed by atoms with E-state index in [9.17, 15) is 4.79 Å². The van der Waals surface area contributed by atoms with Crippen molar-refractivity contribution in [2.45, 2.75) is 39.7 Å². The van der Waals surface area contributed by atoms with Crippen molar-refractivity contribution in [1.82, 2.24) is 0 Å². The Balaban J connectivity index is 2.33. The van der Waals surface area contributed by atoms with Crippen LogP contribution in [-0.4, -0.2) is 18.1 Å². The normalized spacial score (nSPS) is 17.6. The Hall–Kier alpha value is -1.51. The maximum Gasteiger partial charge on any atom is 0.270 e. The Bertz CT molecular complexity index is 452. The fraction of sp³-hybridized carbons (Fsp3) is 0.533. The van der Waals surface area contributed by atoms with Crippen LogP contribution in [0.15, 0.2) is 24.3 Å². The molecule has 3 nitrogen and oxygen atoms in total. The number of para-hydroxylation sites is 2. The first kappa shape index (κ1) is 12.9. The summed E-state index contributed by atoms with van der Waals surface area (Å²) >= 11 is 0. The van der Waals surface area contributed by atoms with E-state index in [0.29, 0.717) is 5.92 Å². The number of carbonyl (C=O) groups is 1. The van der Waals surface area contributed by atoms with Gasteiger partial charge in [-0.25, -0.2) is 0 Å². The lowest BCUT2D eigenvalue weighted by Gasteiger charge is -2.39. The molecule has 0 saturated heterocycles. The van der Waals surface area contributed by atoms with Gasteiger partial charge in [0.05, 0.1) is 5.69 Å². The van der Waals surface area contributed by atoms with Crippen LogP contribution in [0, 0.1) is 5.92 Å². The lowest BCUT2D eigenvalue weighted by molar-refractivity contribution is -0.132. The van der Waals surface area contributed by atoms with Crippen molar-refractivity contribution in [3.05, 3.63) is 24.3 Å². The van der Waals surface area contributed by atoms with Crippen LogP contribution < -0.4 is 9.64 Å². The van der Waals surface area contributed by atoms with E-state index in [1.165, 1.54) is 0 Å². The van der Waals surface area contributed by atoms with Crippen LogP contribution in [0.3, 0.4) is 0 Å². The monoisotopic (exact) mass is 247 g/mol. The molecular formula is C15H21NO2. The minimum absolute atomic E-state index is 0.0434. The summed E-state index contributed by atoms with van der Waals surface area (Å²) < 4.78 is 5.78. The van der Waals surface area contributed by atoms with Gasteiger partial charge in [0, 0.05) is 6.54 Å². The van der Waals surface area contributed by atoms with E-state index in [1.54, 1.807) is 0 Å². The van der Waals surface area contributed by atoms with Gasteiger partial charge >= 0.3 is 0 Å².